The Labute approximate surface area is 73.0 Å². The van der Waals surface area contributed by atoms with Crippen LogP contribution in [0.5, 0.6) is 0 Å². The van der Waals surface area contributed by atoms with E-state index in [4.69, 9.17) is 4.74 Å². The van der Waals surface area contributed by atoms with Gasteiger partial charge in [-0.1, -0.05) is 12.2 Å². The summed E-state index contributed by atoms with van der Waals surface area (Å²) in [6.07, 6.45) is 3.93. The zero-order valence-electron chi connectivity index (χ0n) is 7.83. The summed E-state index contributed by atoms with van der Waals surface area (Å²) < 4.78 is 4.72. The van der Waals surface area contributed by atoms with Crippen molar-refractivity contribution in [1.82, 2.24) is 4.90 Å². The maximum Gasteiger partial charge on any atom is 0.316 e. The fourth-order valence-corrected chi connectivity index (χ4v) is 1.54. The van der Waals surface area contributed by atoms with E-state index in [0.717, 1.165) is 13.1 Å². The van der Waals surface area contributed by atoms with E-state index in [-0.39, 0.29) is 5.97 Å². The first-order valence-corrected chi connectivity index (χ1v) is 4.03. The van der Waals surface area contributed by atoms with Gasteiger partial charge in [0.15, 0.2) is 0 Å². The summed E-state index contributed by atoms with van der Waals surface area (Å²) in [4.78, 5) is 13.4. The number of methoxy groups -OCH3 is 1. The highest BCUT2D eigenvalue weighted by Gasteiger charge is 2.34. The number of nitrogens with zero attached hydrogens (tertiary/aromatic N) is 1. The van der Waals surface area contributed by atoms with Crippen LogP contribution in [0.4, 0.5) is 0 Å². The van der Waals surface area contributed by atoms with Gasteiger partial charge in [0.1, 0.15) is 0 Å². The van der Waals surface area contributed by atoms with Gasteiger partial charge in [0, 0.05) is 13.1 Å². The minimum Gasteiger partial charge on any atom is -0.468 e. The average Bonchev–Trinajstić information content (AvgIpc) is 2.02. The fraction of sp³-hybridized carbons (Fsp3) is 0.667. The van der Waals surface area contributed by atoms with E-state index in [9.17, 15) is 4.79 Å². The summed E-state index contributed by atoms with van der Waals surface area (Å²) in [5, 5.41) is 0. The summed E-state index contributed by atoms with van der Waals surface area (Å²) in [5.74, 6) is -0.162. The monoisotopic (exact) mass is 169 g/mol. The molecule has 1 aliphatic rings. The van der Waals surface area contributed by atoms with Gasteiger partial charge in [0.2, 0.25) is 0 Å². The predicted octanol–water partition coefficient (Wildman–Crippen LogP) is 0.667. The van der Waals surface area contributed by atoms with Gasteiger partial charge in [-0.15, -0.1) is 0 Å². The lowest BCUT2D eigenvalue weighted by atomic mass is 9.87. The lowest BCUT2D eigenvalue weighted by molar-refractivity contribution is -0.150. The van der Waals surface area contributed by atoms with Gasteiger partial charge in [0.25, 0.3) is 0 Å². The van der Waals surface area contributed by atoms with E-state index in [1.54, 1.807) is 0 Å². The predicted molar refractivity (Wildman–Crippen MR) is 46.8 cm³/mol. The van der Waals surface area contributed by atoms with Crippen LogP contribution in [0.15, 0.2) is 12.2 Å². The molecule has 1 heterocycles. The van der Waals surface area contributed by atoms with Crippen LogP contribution in [0.2, 0.25) is 0 Å². The second kappa shape index (κ2) is 3.27. The third kappa shape index (κ3) is 1.67. The number of likely N-dealkylation sites (N-methyl/N-ethyl adjacent to an activating group) is 1. The molecule has 0 radical (unpaired) electrons. The van der Waals surface area contributed by atoms with Crippen LogP contribution >= 0.6 is 0 Å². The molecule has 0 aromatic carbocycles. The number of ether oxygens (including phenoxy) is 1. The van der Waals surface area contributed by atoms with Crippen molar-refractivity contribution in [3.63, 3.8) is 0 Å². The highest BCUT2D eigenvalue weighted by molar-refractivity contribution is 5.79. The molecule has 0 fully saturated rings. The number of hydrogen-bond donors (Lipinski definition) is 0. The Balaban J connectivity index is 2.76. The zero-order chi connectivity index (χ0) is 9.19. The third-order valence-corrected chi connectivity index (χ3v) is 2.15. The molecule has 0 aromatic heterocycles. The molecule has 0 aliphatic carbocycles. The van der Waals surface area contributed by atoms with Crippen LogP contribution < -0.4 is 0 Å². The first kappa shape index (κ1) is 9.26. The van der Waals surface area contributed by atoms with Crippen LogP contribution in [-0.4, -0.2) is 38.1 Å². The number of esters is 1. The van der Waals surface area contributed by atoms with Crippen LogP contribution in [-0.2, 0) is 9.53 Å². The molecule has 0 aromatic rings. The molecule has 0 amide bonds. The number of hydrogen-bond acceptors (Lipinski definition) is 3. The molecule has 1 atom stereocenters. The molecule has 0 N–H and O–H groups in total. The molecule has 1 rings (SSSR count). The zero-order valence-corrected chi connectivity index (χ0v) is 7.83. The van der Waals surface area contributed by atoms with Crippen molar-refractivity contribution < 1.29 is 9.53 Å². The molecule has 1 aliphatic heterocycles. The summed E-state index contributed by atoms with van der Waals surface area (Å²) in [6, 6.07) is 0. The Kier molecular flexibility index (Phi) is 2.52. The molecule has 3 nitrogen and oxygen atoms in total. The molecule has 68 valence electrons. The van der Waals surface area contributed by atoms with Crippen LogP contribution in [0.1, 0.15) is 6.92 Å². The number of carbonyl (C=O) groups excluding carboxylic acids is 1. The molecule has 3 heteroatoms. The van der Waals surface area contributed by atoms with Crippen molar-refractivity contribution in [2.24, 2.45) is 5.41 Å². The van der Waals surface area contributed by atoms with Crippen molar-refractivity contribution in [2.75, 3.05) is 27.2 Å². The van der Waals surface area contributed by atoms with E-state index < -0.39 is 5.41 Å². The SMILES string of the molecule is COC(=O)C1(C)C=CCN(C)C1. The molecule has 12 heavy (non-hydrogen) atoms. The average molecular weight is 169 g/mol. The fourth-order valence-electron chi connectivity index (χ4n) is 1.54. The van der Waals surface area contributed by atoms with Gasteiger partial charge < -0.3 is 9.64 Å². The second-order valence-electron chi connectivity index (χ2n) is 3.51. The molecule has 0 saturated carbocycles. The molecular formula is C9H15NO2. The first-order chi connectivity index (χ1) is 5.58. The van der Waals surface area contributed by atoms with Gasteiger partial charge in [-0.25, -0.2) is 0 Å². The van der Waals surface area contributed by atoms with Crippen LogP contribution in [0, 0.1) is 5.41 Å². The lowest BCUT2D eigenvalue weighted by Crippen LogP contribution is -2.41. The third-order valence-electron chi connectivity index (χ3n) is 2.15. The topological polar surface area (TPSA) is 29.5 Å². The summed E-state index contributed by atoms with van der Waals surface area (Å²) in [6.45, 7) is 3.54. The summed E-state index contributed by atoms with van der Waals surface area (Å²) in [7, 11) is 3.42. The van der Waals surface area contributed by atoms with Crippen molar-refractivity contribution in [2.45, 2.75) is 6.92 Å². The molecular weight excluding hydrogens is 154 g/mol. The summed E-state index contributed by atoms with van der Waals surface area (Å²) in [5.41, 5.74) is -0.457. The highest BCUT2D eigenvalue weighted by Crippen LogP contribution is 2.24. The van der Waals surface area contributed by atoms with Crippen molar-refractivity contribution in [3.05, 3.63) is 12.2 Å². The van der Waals surface area contributed by atoms with E-state index in [1.165, 1.54) is 7.11 Å². The number of carbonyl (C=O) groups is 1. The molecule has 0 spiro atoms. The van der Waals surface area contributed by atoms with Gasteiger partial charge in [-0.3, -0.25) is 4.79 Å². The number of rotatable bonds is 1. The van der Waals surface area contributed by atoms with E-state index in [0.29, 0.717) is 0 Å². The summed E-state index contributed by atoms with van der Waals surface area (Å²) >= 11 is 0. The molecule has 0 saturated heterocycles. The minimum absolute atomic E-state index is 0.162. The first-order valence-electron chi connectivity index (χ1n) is 4.03. The maximum absolute atomic E-state index is 11.3. The van der Waals surface area contributed by atoms with Gasteiger partial charge in [-0.05, 0) is 14.0 Å². The van der Waals surface area contributed by atoms with Gasteiger partial charge >= 0.3 is 5.97 Å². The van der Waals surface area contributed by atoms with E-state index >= 15 is 0 Å². The highest BCUT2D eigenvalue weighted by atomic mass is 16.5. The molecule has 0 bridgehead atoms. The van der Waals surface area contributed by atoms with Gasteiger partial charge in [0.05, 0.1) is 12.5 Å². The Bertz CT molecular complexity index is 213. The Morgan fingerprint density at radius 3 is 2.83 bits per heavy atom. The largest absolute Gasteiger partial charge is 0.468 e. The van der Waals surface area contributed by atoms with Crippen LogP contribution in [0.25, 0.3) is 0 Å². The molecule has 1 unspecified atom stereocenters. The standard InChI is InChI=1S/C9H15NO2/c1-9(8(11)12-3)5-4-6-10(2)7-9/h4-5H,6-7H2,1-3H3. The Morgan fingerprint density at radius 1 is 1.67 bits per heavy atom. The van der Waals surface area contributed by atoms with Crippen LogP contribution in [0.3, 0.4) is 0 Å². The van der Waals surface area contributed by atoms with Gasteiger partial charge in [-0.2, -0.15) is 0 Å². The van der Waals surface area contributed by atoms with Crippen molar-refractivity contribution in [1.29, 1.82) is 0 Å². The normalized spacial score (nSPS) is 30.2. The Morgan fingerprint density at radius 2 is 2.33 bits per heavy atom. The lowest BCUT2D eigenvalue weighted by Gasteiger charge is -2.31. The minimum atomic E-state index is -0.457. The van der Waals surface area contributed by atoms with Crippen molar-refractivity contribution >= 4 is 5.97 Å². The quantitative estimate of drug-likeness (QED) is 0.427. The van der Waals surface area contributed by atoms with E-state index in [2.05, 4.69) is 4.90 Å². The van der Waals surface area contributed by atoms with E-state index in [1.807, 2.05) is 26.1 Å². The van der Waals surface area contributed by atoms with Crippen molar-refractivity contribution in [3.8, 4) is 0 Å². The smallest absolute Gasteiger partial charge is 0.316 e. The Hall–Kier alpha value is -0.830. The maximum atomic E-state index is 11.3. The second-order valence-corrected chi connectivity index (χ2v) is 3.51.